The van der Waals surface area contributed by atoms with Crippen molar-refractivity contribution in [2.24, 2.45) is 0 Å². The highest BCUT2D eigenvalue weighted by molar-refractivity contribution is 8.00. The zero-order valence-corrected chi connectivity index (χ0v) is 15.0. The standard InChI is InChI=1S/C19H20ClNO2S/c1-19(18(23)21-17(12-22)9-10-24-19)15-4-2-3-14(11-15)13-5-7-16(20)8-6-13/h2-8,11,17,22H,9-10,12H2,1H3,(H,21,23)/t17-,19+/m0/s1. The van der Waals surface area contributed by atoms with Crippen LogP contribution in [0.1, 0.15) is 18.9 Å². The van der Waals surface area contributed by atoms with E-state index >= 15 is 0 Å². The first-order valence-electron chi connectivity index (χ1n) is 7.95. The van der Waals surface area contributed by atoms with Gasteiger partial charge in [-0.05, 0) is 54.0 Å². The van der Waals surface area contributed by atoms with Crippen LogP contribution in [0.15, 0.2) is 48.5 Å². The molecule has 2 aromatic carbocycles. The molecule has 0 spiro atoms. The Hall–Kier alpha value is -1.49. The second kappa shape index (κ2) is 7.18. The highest BCUT2D eigenvalue weighted by Gasteiger charge is 2.39. The van der Waals surface area contributed by atoms with Crippen molar-refractivity contribution in [2.45, 2.75) is 24.1 Å². The number of nitrogens with one attached hydrogen (secondary N) is 1. The summed E-state index contributed by atoms with van der Waals surface area (Å²) in [4.78, 5) is 12.7. The van der Waals surface area contributed by atoms with Gasteiger partial charge in [-0.15, -0.1) is 11.8 Å². The minimum atomic E-state index is -0.660. The number of hydrogen-bond donors (Lipinski definition) is 2. The van der Waals surface area contributed by atoms with Crippen LogP contribution in [0, 0.1) is 0 Å². The first-order valence-corrected chi connectivity index (χ1v) is 9.31. The summed E-state index contributed by atoms with van der Waals surface area (Å²) in [5, 5.41) is 13.0. The average molecular weight is 362 g/mol. The zero-order valence-electron chi connectivity index (χ0n) is 13.5. The third-order valence-electron chi connectivity index (χ3n) is 4.44. The predicted octanol–water partition coefficient (Wildman–Crippen LogP) is 3.84. The fourth-order valence-electron chi connectivity index (χ4n) is 2.86. The maximum atomic E-state index is 12.7. The molecule has 2 N–H and O–H groups in total. The quantitative estimate of drug-likeness (QED) is 0.873. The largest absolute Gasteiger partial charge is 0.394 e. The Morgan fingerprint density at radius 3 is 2.71 bits per heavy atom. The normalized spacial score (nSPS) is 24.3. The second-order valence-corrected chi connectivity index (χ2v) is 8.06. The van der Waals surface area contributed by atoms with Gasteiger partial charge in [0.2, 0.25) is 5.91 Å². The monoisotopic (exact) mass is 361 g/mol. The Labute approximate surface area is 151 Å². The molecule has 1 amide bonds. The molecule has 0 bridgehead atoms. The number of carbonyl (C=O) groups excluding carboxylic acids is 1. The van der Waals surface area contributed by atoms with E-state index in [1.165, 1.54) is 0 Å². The molecule has 3 rings (SSSR count). The Morgan fingerprint density at radius 2 is 2.00 bits per heavy atom. The number of aliphatic hydroxyl groups is 1. The first-order chi connectivity index (χ1) is 11.5. The van der Waals surface area contributed by atoms with Crippen LogP contribution in [0.3, 0.4) is 0 Å². The lowest BCUT2D eigenvalue weighted by Crippen LogP contribution is -2.44. The Bertz CT molecular complexity index is 734. The van der Waals surface area contributed by atoms with Gasteiger partial charge in [0.05, 0.1) is 12.6 Å². The SMILES string of the molecule is C[C@]1(c2cccc(-c3ccc(Cl)cc3)c2)SCC[C@@H](CO)NC1=O. The maximum absolute atomic E-state index is 12.7. The molecular formula is C19H20ClNO2S. The van der Waals surface area contributed by atoms with E-state index in [2.05, 4.69) is 11.4 Å². The van der Waals surface area contributed by atoms with Crippen LogP contribution in [-0.4, -0.2) is 29.4 Å². The van der Waals surface area contributed by atoms with Crippen molar-refractivity contribution in [3.63, 3.8) is 0 Å². The summed E-state index contributed by atoms with van der Waals surface area (Å²) in [6.45, 7) is 1.93. The van der Waals surface area contributed by atoms with Crippen LogP contribution < -0.4 is 5.32 Å². The Morgan fingerprint density at radius 1 is 1.25 bits per heavy atom. The maximum Gasteiger partial charge on any atom is 0.240 e. The minimum absolute atomic E-state index is 0.0206. The lowest BCUT2D eigenvalue weighted by Gasteiger charge is -2.27. The predicted molar refractivity (Wildman–Crippen MR) is 100 cm³/mol. The molecule has 24 heavy (non-hydrogen) atoms. The average Bonchev–Trinajstić information content (AvgIpc) is 2.75. The number of hydrogen-bond acceptors (Lipinski definition) is 3. The molecule has 126 valence electrons. The number of amides is 1. The van der Waals surface area contributed by atoms with Crippen molar-refractivity contribution < 1.29 is 9.90 Å². The molecule has 1 saturated heterocycles. The second-order valence-electron chi connectivity index (χ2n) is 6.11. The number of carbonyl (C=O) groups is 1. The highest BCUT2D eigenvalue weighted by Crippen LogP contribution is 2.40. The molecule has 1 aliphatic rings. The lowest BCUT2D eigenvalue weighted by atomic mass is 9.94. The van der Waals surface area contributed by atoms with Gasteiger partial charge in [-0.25, -0.2) is 0 Å². The zero-order chi connectivity index (χ0) is 17.2. The molecule has 5 heteroatoms. The summed E-state index contributed by atoms with van der Waals surface area (Å²) in [5.74, 6) is 0.781. The van der Waals surface area contributed by atoms with Gasteiger partial charge in [0.15, 0.2) is 0 Å². The van der Waals surface area contributed by atoms with Gasteiger partial charge in [-0.3, -0.25) is 4.79 Å². The van der Waals surface area contributed by atoms with Gasteiger partial charge in [0, 0.05) is 5.02 Å². The summed E-state index contributed by atoms with van der Waals surface area (Å²) in [7, 11) is 0. The number of rotatable bonds is 3. The molecule has 0 aromatic heterocycles. The topological polar surface area (TPSA) is 49.3 Å². The van der Waals surface area contributed by atoms with Gasteiger partial charge < -0.3 is 10.4 Å². The third kappa shape index (κ3) is 3.46. The van der Waals surface area contributed by atoms with E-state index in [9.17, 15) is 9.90 Å². The van der Waals surface area contributed by atoms with Crippen molar-refractivity contribution in [2.75, 3.05) is 12.4 Å². The fourth-order valence-corrected chi connectivity index (χ4v) is 4.28. The van der Waals surface area contributed by atoms with Crippen LogP contribution in [0.25, 0.3) is 11.1 Å². The molecule has 2 atom stereocenters. The van der Waals surface area contributed by atoms with E-state index in [1.807, 2.05) is 49.4 Å². The minimum Gasteiger partial charge on any atom is -0.394 e. The molecule has 3 nitrogen and oxygen atoms in total. The van der Waals surface area contributed by atoms with Gasteiger partial charge >= 0.3 is 0 Å². The van der Waals surface area contributed by atoms with Crippen LogP contribution in [-0.2, 0) is 9.54 Å². The number of thioether (sulfide) groups is 1. The van der Waals surface area contributed by atoms with E-state index in [1.54, 1.807) is 11.8 Å². The third-order valence-corrected chi connectivity index (χ3v) is 6.13. The van der Waals surface area contributed by atoms with E-state index in [4.69, 9.17) is 11.6 Å². The van der Waals surface area contributed by atoms with Gasteiger partial charge in [0.25, 0.3) is 0 Å². The van der Waals surface area contributed by atoms with E-state index in [-0.39, 0.29) is 18.6 Å². The molecule has 0 aliphatic carbocycles. The van der Waals surface area contributed by atoms with Crippen LogP contribution >= 0.6 is 23.4 Å². The summed E-state index contributed by atoms with van der Waals surface area (Å²) in [6, 6.07) is 15.6. The Balaban J connectivity index is 1.95. The number of aliphatic hydroxyl groups excluding tert-OH is 1. The Kier molecular flexibility index (Phi) is 5.18. The van der Waals surface area contributed by atoms with E-state index in [0.29, 0.717) is 5.02 Å². The molecule has 1 aliphatic heterocycles. The van der Waals surface area contributed by atoms with Crippen LogP contribution in [0.4, 0.5) is 0 Å². The highest BCUT2D eigenvalue weighted by atomic mass is 35.5. The molecular weight excluding hydrogens is 342 g/mol. The van der Waals surface area contributed by atoms with Crippen LogP contribution in [0.2, 0.25) is 5.02 Å². The van der Waals surface area contributed by atoms with Crippen molar-refractivity contribution in [3.05, 3.63) is 59.1 Å². The van der Waals surface area contributed by atoms with Crippen molar-refractivity contribution in [3.8, 4) is 11.1 Å². The molecule has 2 aromatic rings. The summed E-state index contributed by atoms with van der Waals surface area (Å²) < 4.78 is -0.660. The van der Waals surface area contributed by atoms with Gasteiger partial charge in [-0.1, -0.05) is 41.9 Å². The number of halogens is 1. The summed E-state index contributed by atoms with van der Waals surface area (Å²) in [5.41, 5.74) is 3.09. The van der Waals surface area contributed by atoms with E-state index in [0.717, 1.165) is 28.9 Å². The number of benzene rings is 2. The molecule has 1 fully saturated rings. The van der Waals surface area contributed by atoms with Crippen LogP contribution in [0.5, 0.6) is 0 Å². The van der Waals surface area contributed by atoms with Gasteiger partial charge in [-0.2, -0.15) is 0 Å². The molecule has 1 heterocycles. The summed E-state index contributed by atoms with van der Waals surface area (Å²) in [6.07, 6.45) is 0.777. The van der Waals surface area contributed by atoms with Gasteiger partial charge in [0.1, 0.15) is 4.75 Å². The summed E-state index contributed by atoms with van der Waals surface area (Å²) >= 11 is 7.59. The fraction of sp³-hybridized carbons (Fsp3) is 0.316. The lowest BCUT2D eigenvalue weighted by molar-refractivity contribution is -0.124. The molecule has 0 saturated carbocycles. The molecule has 0 radical (unpaired) electrons. The van der Waals surface area contributed by atoms with Crippen molar-refractivity contribution in [1.82, 2.24) is 5.32 Å². The van der Waals surface area contributed by atoms with Crippen molar-refractivity contribution in [1.29, 1.82) is 0 Å². The van der Waals surface area contributed by atoms with Crippen molar-refractivity contribution >= 4 is 29.3 Å². The van der Waals surface area contributed by atoms with E-state index < -0.39 is 4.75 Å². The first kappa shape index (κ1) is 17.3. The molecule has 0 unspecified atom stereocenters. The smallest absolute Gasteiger partial charge is 0.240 e.